The average Bonchev–Trinajstić information content (AvgIpc) is 3.21. The average molecular weight is 342 g/mol. The molecule has 0 amide bonds. The molecule has 1 atom stereocenters. The van der Waals surface area contributed by atoms with E-state index >= 15 is 0 Å². The molecule has 0 saturated carbocycles. The molecule has 0 unspecified atom stereocenters. The smallest absolute Gasteiger partial charge is 0.254 e. The van der Waals surface area contributed by atoms with Crippen LogP contribution in [0.4, 0.5) is 5.82 Å². The van der Waals surface area contributed by atoms with Gasteiger partial charge in [-0.1, -0.05) is 13.8 Å². The Morgan fingerprint density at radius 2 is 2.24 bits per heavy atom. The van der Waals surface area contributed by atoms with Gasteiger partial charge in [-0.2, -0.15) is 14.6 Å². The van der Waals surface area contributed by atoms with Crippen molar-refractivity contribution in [3.8, 4) is 0 Å². The zero-order valence-electron chi connectivity index (χ0n) is 14.7. The predicted molar refractivity (Wildman–Crippen MR) is 91.3 cm³/mol. The molecule has 3 aromatic rings. The van der Waals surface area contributed by atoms with Gasteiger partial charge < -0.3 is 14.6 Å². The molecule has 4 heterocycles. The van der Waals surface area contributed by atoms with Crippen LogP contribution in [-0.4, -0.2) is 47.5 Å². The van der Waals surface area contributed by atoms with Gasteiger partial charge in [-0.05, 0) is 6.42 Å². The zero-order chi connectivity index (χ0) is 17.4. The molecule has 1 aliphatic heterocycles. The summed E-state index contributed by atoms with van der Waals surface area (Å²) in [5, 5.41) is 16.5. The molecule has 0 aliphatic carbocycles. The minimum Gasteiger partial charge on any atom is -0.378 e. The molecular formula is C16H22N8O. The Hall–Kier alpha value is -2.55. The minimum absolute atomic E-state index is 0.270. The first-order chi connectivity index (χ1) is 12.2. The highest BCUT2D eigenvalue weighted by atomic mass is 16.5. The second kappa shape index (κ2) is 6.40. The lowest BCUT2D eigenvalue weighted by atomic mass is 10.1. The molecule has 25 heavy (non-hydrogen) atoms. The van der Waals surface area contributed by atoms with Gasteiger partial charge in [-0.15, -0.1) is 10.2 Å². The van der Waals surface area contributed by atoms with Gasteiger partial charge in [0, 0.05) is 38.1 Å². The number of nitrogens with one attached hydrogen (secondary N) is 1. The number of methoxy groups -OCH3 is 1. The summed E-state index contributed by atoms with van der Waals surface area (Å²) >= 11 is 0. The Morgan fingerprint density at radius 3 is 3.04 bits per heavy atom. The number of nitrogens with zero attached hydrogens (tertiary/aromatic N) is 7. The van der Waals surface area contributed by atoms with Crippen molar-refractivity contribution in [2.24, 2.45) is 0 Å². The Balaban J connectivity index is 1.61. The molecule has 4 rings (SSSR count). The maximum Gasteiger partial charge on any atom is 0.254 e. The summed E-state index contributed by atoms with van der Waals surface area (Å²) in [6.07, 6.45) is 3.42. The molecule has 9 nitrogen and oxygen atoms in total. The van der Waals surface area contributed by atoms with Crippen LogP contribution in [0, 0.1) is 0 Å². The molecule has 0 radical (unpaired) electrons. The van der Waals surface area contributed by atoms with Crippen molar-refractivity contribution in [1.82, 2.24) is 34.3 Å². The van der Waals surface area contributed by atoms with E-state index in [-0.39, 0.29) is 6.04 Å². The van der Waals surface area contributed by atoms with Crippen LogP contribution < -0.4 is 5.32 Å². The van der Waals surface area contributed by atoms with Gasteiger partial charge >= 0.3 is 0 Å². The van der Waals surface area contributed by atoms with Crippen LogP contribution in [0.25, 0.3) is 5.78 Å². The van der Waals surface area contributed by atoms with E-state index in [4.69, 9.17) is 4.74 Å². The number of fused-ring (bicyclic) bond motifs is 2. The highest BCUT2D eigenvalue weighted by Gasteiger charge is 2.24. The third kappa shape index (κ3) is 2.95. The van der Waals surface area contributed by atoms with Crippen LogP contribution in [0.2, 0.25) is 0 Å². The standard InChI is InChI=1S/C16H22N8O/c1-10(2)15-22-21-13-5-4-11(7-23(13)15)19-14-6-12(8-25-3)20-16-17-9-18-24(14)16/h6,9-11,19H,4-5,7-8H2,1-3H3/t11-/m1/s1. The number of ether oxygens (including phenoxy) is 1. The van der Waals surface area contributed by atoms with E-state index < -0.39 is 0 Å². The Morgan fingerprint density at radius 1 is 1.36 bits per heavy atom. The Bertz CT molecular complexity index is 884. The van der Waals surface area contributed by atoms with Crippen molar-refractivity contribution < 1.29 is 4.74 Å². The highest BCUT2D eigenvalue weighted by Crippen LogP contribution is 2.22. The largest absolute Gasteiger partial charge is 0.378 e. The minimum atomic E-state index is 0.270. The maximum absolute atomic E-state index is 5.21. The summed E-state index contributed by atoms with van der Waals surface area (Å²) in [5.74, 6) is 3.92. The van der Waals surface area contributed by atoms with E-state index in [2.05, 4.69) is 49.0 Å². The van der Waals surface area contributed by atoms with Gasteiger partial charge in [0.15, 0.2) is 0 Å². The summed E-state index contributed by atoms with van der Waals surface area (Å²) in [5.41, 5.74) is 0.828. The number of rotatable bonds is 5. The van der Waals surface area contributed by atoms with Crippen LogP contribution in [0.3, 0.4) is 0 Å². The lowest BCUT2D eigenvalue weighted by molar-refractivity contribution is 0.181. The summed E-state index contributed by atoms with van der Waals surface area (Å²) < 4.78 is 9.17. The Labute approximate surface area is 145 Å². The topological polar surface area (TPSA) is 95.0 Å². The lowest BCUT2D eigenvalue weighted by Crippen LogP contribution is -2.33. The van der Waals surface area contributed by atoms with Crippen molar-refractivity contribution >= 4 is 11.6 Å². The van der Waals surface area contributed by atoms with E-state index in [9.17, 15) is 0 Å². The molecule has 0 bridgehead atoms. The van der Waals surface area contributed by atoms with Gasteiger partial charge in [0.1, 0.15) is 23.8 Å². The fourth-order valence-corrected chi connectivity index (χ4v) is 3.29. The molecule has 1 aliphatic rings. The van der Waals surface area contributed by atoms with Gasteiger partial charge in [-0.25, -0.2) is 4.98 Å². The monoisotopic (exact) mass is 342 g/mol. The van der Waals surface area contributed by atoms with Crippen molar-refractivity contribution in [1.29, 1.82) is 0 Å². The number of anilines is 1. The quantitative estimate of drug-likeness (QED) is 0.749. The molecule has 0 spiro atoms. The van der Waals surface area contributed by atoms with Crippen LogP contribution in [-0.2, 0) is 24.3 Å². The van der Waals surface area contributed by atoms with Gasteiger partial charge in [0.25, 0.3) is 5.78 Å². The summed E-state index contributed by atoms with van der Waals surface area (Å²) in [4.78, 5) is 8.64. The van der Waals surface area contributed by atoms with E-state index in [0.29, 0.717) is 18.3 Å². The third-order valence-electron chi connectivity index (χ3n) is 4.44. The molecular weight excluding hydrogens is 320 g/mol. The second-order valence-corrected chi connectivity index (χ2v) is 6.66. The van der Waals surface area contributed by atoms with Gasteiger partial charge in [0.2, 0.25) is 0 Å². The first kappa shape index (κ1) is 15.9. The first-order valence-corrected chi connectivity index (χ1v) is 8.53. The number of hydrogen-bond donors (Lipinski definition) is 1. The van der Waals surface area contributed by atoms with Crippen molar-refractivity contribution in [3.63, 3.8) is 0 Å². The SMILES string of the molecule is COCc1cc(N[C@@H]2CCc3nnc(C(C)C)n3C2)n2ncnc2n1. The predicted octanol–water partition coefficient (Wildman–Crippen LogP) is 1.41. The molecule has 0 saturated heterocycles. The summed E-state index contributed by atoms with van der Waals surface area (Å²) in [6, 6.07) is 2.24. The van der Waals surface area contributed by atoms with E-state index in [0.717, 1.165) is 42.5 Å². The molecule has 9 heteroatoms. The normalized spacial score (nSPS) is 17.2. The number of hydrogen-bond acceptors (Lipinski definition) is 7. The molecule has 132 valence electrons. The molecule has 1 N–H and O–H groups in total. The summed E-state index contributed by atoms with van der Waals surface area (Å²) in [7, 11) is 1.66. The van der Waals surface area contributed by atoms with Crippen LogP contribution in [0.5, 0.6) is 0 Å². The second-order valence-electron chi connectivity index (χ2n) is 6.66. The van der Waals surface area contributed by atoms with E-state index in [1.165, 1.54) is 6.33 Å². The zero-order valence-corrected chi connectivity index (χ0v) is 14.7. The van der Waals surface area contributed by atoms with Crippen LogP contribution >= 0.6 is 0 Å². The van der Waals surface area contributed by atoms with Gasteiger partial charge in [0.05, 0.1) is 12.3 Å². The highest BCUT2D eigenvalue weighted by molar-refractivity contribution is 5.45. The summed E-state index contributed by atoms with van der Waals surface area (Å²) in [6.45, 7) is 5.57. The fourth-order valence-electron chi connectivity index (χ4n) is 3.29. The van der Waals surface area contributed by atoms with E-state index in [1.807, 2.05) is 6.07 Å². The van der Waals surface area contributed by atoms with Crippen molar-refractivity contribution in [3.05, 3.63) is 29.7 Å². The Kier molecular flexibility index (Phi) is 4.08. The molecule has 0 fully saturated rings. The van der Waals surface area contributed by atoms with Crippen molar-refractivity contribution in [2.75, 3.05) is 12.4 Å². The van der Waals surface area contributed by atoms with Crippen LogP contribution in [0.1, 0.15) is 43.5 Å². The number of aryl methyl sites for hydroxylation is 1. The van der Waals surface area contributed by atoms with Crippen LogP contribution in [0.15, 0.2) is 12.4 Å². The first-order valence-electron chi connectivity index (χ1n) is 8.53. The third-order valence-corrected chi connectivity index (χ3v) is 4.44. The maximum atomic E-state index is 5.21. The van der Waals surface area contributed by atoms with Gasteiger partial charge in [-0.3, -0.25) is 0 Å². The lowest BCUT2D eigenvalue weighted by Gasteiger charge is -2.26. The van der Waals surface area contributed by atoms with Crippen molar-refractivity contribution in [2.45, 2.75) is 51.8 Å². The van der Waals surface area contributed by atoms with E-state index in [1.54, 1.807) is 11.6 Å². The number of aromatic nitrogens is 7. The molecule has 3 aromatic heterocycles. The molecule has 0 aromatic carbocycles. The fraction of sp³-hybridized carbons (Fsp3) is 0.562.